The summed E-state index contributed by atoms with van der Waals surface area (Å²) in [6, 6.07) is 12.9. The summed E-state index contributed by atoms with van der Waals surface area (Å²) in [5.74, 6) is 0.159. The summed E-state index contributed by atoms with van der Waals surface area (Å²) < 4.78 is 0. The molecule has 26 heavy (non-hydrogen) atoms. The van der Waals surface area contributed by atoms with E-state index in [9.17, 15) is 4.79 Å². The second-order valence-corrected chi connectivity index (χ2v) is 8.82. The summed E-state index contributed by atoms with van der Waals surface area (Å²) in [5.41, 5.74) is 4.66. The third kappa shape index (κ3) is 2.90. The van der Waals surface area contributed by atoms with Crippen molar-refractivity contribution in [3.63, 3.8) is 0 Å². The van der Waals surface area contributed by atoms with Gasteiger partial charge in [-0.05, 0) is 63.5 Å². The Morgan fingerprint density at radius 3 is 2.62 bits per heavy atom. The van der Waals surface area contributed by atoms with Crippen LogP contribution in [0.4, 0.5) is 0 Å². The van der Waals surface area contributed by atoms with E-state index in [-0.39, 0.29) is 5.91 Å². The number of rotatable bonds is 3. The number of nitrogens with zero attached hydrogens (tertiary/aromatic N) is 2. The Morgan fingerprint density at radius 1 is 1.00 bits per heavy atom. The lowest BCUT2D eigenvalue weighted by Gasteiger charge is -2.46. The maximum absolute atomic E-state index is 12.7. The molecule has 0 aliphatic carbocycles. The average molecular weight is 381 g/mol. The van der Waals surface area contributed by atoms with Crippen molar-refractivity contribution < 1.29 is 4.79 Å². The number of likely N-dealkylation sites (tertiary alicyclic amines) is 1. The predicted molar refractivity (Wildman–Crippen MR) is 108 cm³/mol. The third-order valence-corrected chi connectivity index (χ3v) is 7.20. The van der Waals surface area contributed by atoms with E-state index in [0.717, 1.165) is 38.2 Å². The Hall–Kier alpha value is -1.95. The molecule has 2 aromatic heterocycles. The SMILES string of the molecule is O=C(c1ccc(-c2ccsc2)cc1)N1CC(N2CCc3sccc3C2)C1. The highest BCUT2D eigenvalue weighted by molar-refractivity contribution is 7.10. The van der Waals surface area contributed by atoms with Crippen LogP contribution in [-0.2, 0) is 13.0 Å². The van der Waals surface area contributed by atoms with Crippen LogP contribution in [-0.4, -0.2) is 41.4 Å². The molecule has 2 aliphatic heterocycles. The van der Waals surface area contributed by atoms with Crippen molar-refractivity contribution in [2.45, 2.75) is 19.0 Å². The summed E-state index contributed by atoms with van der Waals surface area (Å²) in [6.07, 6.45) is 1.15. The van der Waals surface area contributed by atoms with Gasteiger partial charge in [-0.25, -0.2) is 0 Å². The first-order chi connectivity index (χ1) is 12.8. The van der Waals surface area contributed by atoms with Gasteiger partial charge in [0, 0.05) is 42.7 Å². The smallest absolute Gasteiger partial charge is 0.253 e. The van der Waals surface area contributed by atoms with Gasteiger partial charge in [-0.1, -0.05) is 12.1 Å². The molecule has 1 amide bonds. The third-order valence-electron chi connectivity index (χ3n) is 5.49. The van der Waals surface area contributed by atoms with Crippen molar-refractivity contribution in [1.82, 2.24) is 9.80 Å². The van der Waals surface area contributed by atoms with E-state index in [1.807, 2.05) is 28.4 Å². The minimum Gasteiger partial charge on any atom is -0.335 e. The standard InChI is InChI=1S/C21H20N2OS2/c24-21(16-3-1-15(2-4-16)18-6-9-25-14-18)23-12-19(13-23)22-8-5-20-17(11-22)7-10-26-20/h1-4,6-7,9-10,14,19H,5,8,11-13H2. The number of hydrogen-bond donors (Lipinski definition) is 0. The lowest BCUT2D eigenvalue weighted by atomic mass is 10.00. The fraction of sp³-hybridized carbons (Fsp3) is 0.286. The van der Waals surface area contributed by atoms with Gasteiger partial charge in [0.1, 0.15) is 0 Å². The van der Waals surface area contributed by atoms with Gasteiger partial charge in [-0.15, -0.1) is 11.3 Å². The highest BCUT2D eigenvalue weighted by Gasteiger charge is 2.36. The van der Waals surface area contributed by atoms with E-state index >= 15 is 0 Å². The van der Waals surface area contributed by atoms with E-state index in [0.29, 0.717) is 6.04 Å². The number of hydrogen-bond acceptors (Lipinski definition) is 4. The Balaban J connectivity index is 1.20. The lowest BCUT2D eigenvalue weighted by Crippen LogP contribution is -2.61. The topological polar surface area (TPSA) is 23.6 Å². The van der Waals surface area contributed by atoms with E-state index in [4.69, 9.17) is 0 Å². The summed E-state index contributed by atoms with van der Waals surface area (Å²) in [7, 11) is 0. The molecule has 0 radical (unpaired) electrons. The molecule has 1 fully saturated rings. The minimum absolute atomic E-state index is 0.159. The zero-order valence-corrected chi connectivity index (χ0v) is 16.1. The molecule has 1 aromatic carbocycles. The van der Waals surface area contributed by atoms with Crippen molar-refractivity contribution in [2.75, 3.05) is 19.6 Å². The molecule has 0 unspecified atom stereocenters. The molecule has 0 atom stereocenters. The number of fused-ring (bicyclic) bond motifs is 1. The zero-order chi connectivity index (χ0) is 17.5. The first-order valence-electron chi connectivity index (χ1n) is 8.99. The summed E-state index contributed by atoms with van der Waals surface area (Å²) in [4.78, 5) is 18.8. The van der Waals surface area contributed by atoms with Gasteiger partial charge in [0.05, 0.1) is 0 Å². The molecule has 3 nitrogen and oxygen atoms in total. The lowest BCUT2D eigenvalue weighted by molar-refractivity contribution is 0.0221. The largest absolute Gasteiger partial charge is 0.335 e. The predicted octanol–water partition coefficient (Wildman–Crippen LogP) is 4.36. The van der Waals surface area contributed by atoms with E-state index < -0.39 is 0 Å². The molecule has 3 aromatic rings. The number of carbonyl (C=O) groups excluding carboxylic acids is 1. The van der Waals surface area contributed by atoms with E-state index in [1.165, 1.54) is 16.7 Å². The van der Waals surface area contributed by atoms with Crippen molar-refractivity contribution in [3.8, 4) is 11.1 Å². The van der Waals surface area contributed by atoms with Crippen LogP contribution in [0.2, 0.25) is 0 Å². The van der Waals surface area contributed by atoms with Gasteiger partial charge >= 0.3 is 0 Å². The molecule has 0 spiro atoms. The van der Waals surface area contributed by atoms with Crippen LogP contribution in [0.1, 0.15) is 20.8 Å². The van der Waals surface area contributed by atoms with Crippen molar-refractivity contribution in [3.05, 3.63) is 68.5 Å². The summed E-state index contributed by atoms with van der Waals surface area (Å²) in [5, 5.41) is 6.41. The number of amides is 1. The minimum atomic E-state index is 0.159. The van der Waals surface area contributed by atoms with Gasteiger partial charge in [-0.2, -0.15) is 11.3 Å². The van der Waals surface area contributed by atoms with Gasteiger partial charge in [0.15, 0.2) is 0 Å². The Kier molecular flexibility index (Phi) is 4.15. The average Bonchev–Trinajstić information content (AvgIpc) is 3.32. The summed E-state index contributed by atoms with van der Waals surface area (Å²) >= 11 is 3.57. The maximum Gasteiger partial charge on any atom is 0.253 e. The maximum atomic E-state index is 12.7. The van der Waals surface area contributed by atoms with Crippen LogP contribution in [0.15, 0.2) is 52.5 Å². The highest BCUT2D eigenvalue weighted by atomic mass is 32.1. The normalized spacial score (nSPS) is 17.8. The van der Waals surface area contributed by atoms with Crippen LogP contribution in [0.3, 0.4) is 0 Å². The molecule has 132 valence electrons. The molecule has 4 heterocycles. The van der Waals surface area contributed by atoms with Gasteiger partial charge in [-0.3, -0.25) is 9.69 Å². The Morgan fingerprint density at radius 2 is 1.85 bits per heavy atom. The molecule has 5 heteroatoms. The quantitative estimate of drug-likeness (QED) is 0.674. The van der Waals surface area contributed by atoms with Crippen LogP contribution in [0.5, 0.6) is 0 Å². The monoisotopic (exact) mass is 380 g/mol. The van der Waals surface area contributed by atoms with Crippen LogP contribution in [0.25, 0.3) is 11.1 Å². The van der Waals surface area contributed by atoms with Crippen LogP contribution < -0.4 is 0 Å². The molecule has 0 N–H and O–H groups in total. The molecule has 1 saturated heterocycles. The van der Waals surface area contributed by atoms with Crippen LogP contribution >= 0.6 is 22.7 Å². The Bertz CT molecular complexity index is 908. The van der Waals surface area contributed by atoms with E-state index in [2.05, 4.69) is 45.3 Å². The molecular formula is C21H20N2OS2. The number of benzene rings is 1. The van der Waals surface area contributed by atoms with E-state index in [1.54, 1.807) is 16.2 Å². The van der Waals surface area contributed by atoms with Gasteiger partial charge in [0.25, 0.3) is 5.91 Å². The fourth-order valence-electron chi connectivity index (χ4n) is 3.85. The Labute approximate surface area is 161 Å². The van der Waals surface area contributed by atoms with Crippen molar-refractivity contribution in [1.29, 1.82) is 0 Å². The molecule has 2 aliphatic rings. The number of thiophene rings is 2. The first-order valence-corrected chi connectivity index (χ1v) is 10.8. The molecular weight excluding hydrogens is 360 g/mol. The van der Waals surface area contributed by atoms with Crippen molar-refractivity contribution in [2.24, 2.45) is 0 Å². The van der Waals surface area contributed by atoms with Gasteiger partial charge < -0.3 is 4.90 Å². The second kappa shape index (κ2) is 6.65. The fourth-order valence-corrected chi connectivity index (χ4v) is 5.41. The summed E-state index contributed by atoms with van der Waals surface area (Å²) in [6.45, 7) is 3.87. The first kappa shape index (κ1) is 16.2. The molecule has 5 rings (SSSR count). The molecule has 0 bridgehead atoms. The number of carbonyl (C=O) groups is 1. The van der Waals surface area contributed by atoms with Gasteiger partial charge in [0.2, 0.25) is 0 Å². The second-order valence-electron chi connectivity index (χ2n) is 7.04. The highest BCUT2D eigenvalue weighted by Crippen LogP contribution is 2.28. The van der Waals surface area contributed by atoms with Crippen LogP contribution in [0, 0.1) is 0 Å². The zero-order valence-electron chi connectivity index (χ0n) is 14.4. The van der Waals surface area contributed by atoms with Crippen molar-refractivity contribution >= 4 is 28.6 Å². The molecule has 0 saturated carbocycles.